The fraction of sp³-hybridized carbons (Fsp3) is 0.364. The van der Waals surface area contributed by atoms with E-state index in [1.54, 1.807) is 6.07 Å². The molecule has 1 fully saturated rings. The topological polar surface area (TPSA) is 36.3 Å². The Kier molecular flexibility index (Phi) is 2.84. The van der Waals surface area contributed by atoms with Crippen molar-refractivity contribution in [2.24, 2.45) is 0 Å². The van der Waals surface area contributed by atoms with Gasteiger partial charge in [-0.15, -0.1) is 0 Å². The monoisotopic (exact) mass is 206 g/mol. The molecule has 0 N–H and O–H groups in total. The average molecular weight is 206 g/mol. The standard InChI is InChI=1S/C11H11FN2O/c12-9-2-1-3-10(6-9)14-4-5-15-11(7-13)8-14/h1-3,6,11H,4-5,8H2. The Labute approximate surface area is 87.7 Å². The van der Waals surface area contributed by atoms with Gasteiger partial charge in [0.15, 0.2) is 6.10 Å². The first-order chi connectivity index (χ1) is 7.29. The quantitative estimate of drug-likeness (QED) is 0.699. The molecule has 0 bridgehead atoms. The second kappa shape index (κ2) is 4.28. The number of morpholine rings is 1. The van der Waals surface area contributed by atoms with Crippen LogP contribution in [0.15, 0.2) is 24.3 Å². The molecular weight excluding hydrogens is 195 g/mol. The minimum atomic E-state index is -0.415. The van der Waals surface area contributed by atoms with E-state index in [1.807, 2.05) is 11.0 Å². The van der Waals surface area contributed by atoms with Gasteiger partial charge in [-0.05, 0) is 18.2 Å². The van der Waals surface area contributed by atoms with Crippen molar-refractivity contribution in [3.63, 3.8) is 0 Å². The highest BCUT2D eigenvalue weighted by atomic mass is 19.1. The Morgan fingerprint density at radius 1 is 1.53 bits per heavy atom. The predicted molar refractivity (Wildman–Crippen MR) is 54.0 cm³/mol. The number of nitrogens with zero attached hydrogens (tertiary/aromatic N) is 2. The summed E-state index contributed by atoms with van der Waals surface area (Å²) in [5.41, 5.74) is 0.804. The number of hydrogen-bond donors (Lipinski definition) is 0. The molecule has 1 heterocycles. The van der Waals surface area contributed by atoms with Crippen molar-refractivity contribution >= 4 is 5.69 Å². The molecule has 0 aromatic heterocycles. The van der Waals surface area contributed by atoms with E-state index in [1.165, 1.54) is 12.1 Å². The molecule has 4 heteroatoms. The van der Waals surface area contributed by atoms with Crippen LogP contribution in [0.1, 0.15) is 0 Å². The fourth-order valence-corrected chi connectivity index (χ4v) is 1.63. The summed E-state index contributed by atoms with van der Waals surface area (Å²) in [7, 11) is 0. The Morgan fingerprint density at radius 3 is 3.13 bits per heavy atom. The van der Waals surface area contributed by atoms with Crippen molar-refractivity contribution in [1.82, 2.24) is 0 Å². The van der Waals surface area contributed by atoms with E-state index in [0.29, 0.717) is 19.7 Å². The van der Waals surface area contributed by atoms with Crippen molar-refractivity contribution in [2.75, 3.05) is 24.6 Å². The lowest BCUT2D eigenvalue weighted by Gasteiger charge is -2.31. The van der Waals surface area contributed by atoms with E-state index in [2.05, 4.69) is 6.07 Å². The van der Waals surface area contributed by atoms with E-state index in [0.717, 1.165) is 5.69 Å². The number of hydrogen-bond acceptors (Lipinski definition) is 3. The van der Waals surface area contributed by atoms with E-state index < -0.39 is 6.10 Å². The molecular formula is C11H11FN2O. The molecule has 0 aliphatic carbocycles. The Hall–Kier alpha value is -1.60. The zero-order valence-corrected chi connectivity index (χ0v) is 8.19. The van der Waals surface area contributed by atoms with Crippen LogP contribution in [0.25, 0.3) is 0 Å². The molecule has 0 spiro atoms. The molecule has 1 unspecified atom stereocenters. The van der Waals surface area contributed by atoms with Crippen LogP contribution in [-0.2, 0) is 4.74 Å². The van der Waals surface area contributed by atoms with Crippen molar-refractivity contribution in [3.8, 4) is 6.07 Å². The first kappa shape index (κ1) is 9.94. The van der Waals surface area contributed by atoms with Gasteiger partial charge in [0.05, 0.1) is 19.2 Å². The van der Waals surface area contributed by atoms with E-state index in [-0.39, 0.29) is 5.82 Å². The van der Waals surface area contributed by atoms with Gasteiger partial charge in [-0.3, -0.25) is 0 Å². The molecule has 3 nitrogen and oxygen atoms in total. The van der Waals surface area contributed by atoms with Crippen molar-refractivity contribution in [1.29, 1.82) is 5.26 Å². The van der Waals surface area contributed by atoms with Gasteiger partial charge in [-0.25, -0.2) is 4.39 Å². The van der Waals surface area contributed by atoms with Gasteiger partial charge in [0.25, 0.3) is 0 Å². The minimum absolute atomic E-state index is 0.257. The lowest BCUT2D eigenvalue weighted by molar-refractivity contribution is 0.0764. The highest BCUT2D eigenvalue weighted by Gasteiger charge is 2.20. The fourth-order valence-electron chi connectivity index (χ4n) is 1.63. The summed E-state index contributed by atoms with van der Waals surface area (Å²) in [6.07, 6.45) is -0.415. The Morgan fingerprint density at radius 2 is 2.40 bits per heavy atom. The van der Waals surface area contributed by atoms with Crippen LogP contribution in [0.4, 0.5) is 10.1 Å². The van der Waals surface area contributed by atoms with Crippen LogP contribution >= 0.6 is 0 Å². The van der Waals surface area contributed by atoms with E-state index >= 15 is 0 Å². The smallest absolute Gasteiger partial charge is 0.161 e. The SMILES string of the molecule is N#CC1CN(c2cccc(F)c2)CCO1. The van der Waals surface area contributed by atoms with Crippen LogP contribution in [0.2, 0.25) is 0 Å². The van der Waals surface area contributed by atoms with Crippen molar-refractivity contribution in [3.05, 3.63) is 30.1 Å². The largest absolute Gasteiger partial charge is 0.365 e. The van der Waals surface area contributed by atoms with E-state index in [9.17, 15) is 4.39 Å². The maximum atomic E-state index is 13.0. The Balaban J connectivity index is 2.14. The molecule has 1 atom stereocenters. The summed E-state index contributed by atoms with van der Waals surface area (Å²) in [5, 5.41) is 8.73. The summed E-state index contributed by atoms with van der Waals surface area (Å²) < 4.78 is 18.2. The second-order valence-corrected chi connectivity index (χ2v) is 3.41. The summed E-state index contributed by atoms with van der Waals surface area (Å²) in [6, 6.07) is 8.45. The minimum Gasteiger partial charge on any atom is -0.365 e. The number of rotatable bonds is 1. The highest BCUT2D eigenvalue weighted by molar-refractivity contribution is 5.47. The van der Waals surface area contributed by atoms with Gasteiger partial charge >= 0.3 is 0 Å². The summed E-state index contributed by atoms with van der Waals surface area (Å²) >= 11 is 0. The molecule has 1 aliphatic rings. The molecule has 78 valence electrons. The van der Waals surface area contributed by atoms with Gasteiger partial charge in [0, 0.05) is 12.2 Å². The molecule has 1 aromatic rings. The van der Waals surface area contributed by atoms with Crippen LogP contribution < -0.4 is 4.90 Å². The van der Waals surface area contributed by atoms with Crippen molar-refractivity contribution < 1.29 is 9.13 Å². The van der Waals surface area contributed by atoms with Crippen LogP contribution in [0, 0.1) is 17.1 Å². The number of benzene rings is 1. The van der Waals surface area contributed by atoms with Gasteiger partial charge < -0.3 is 9.64 Å². The van der Waals surface area contributed by atoms with Crippen molar-refractivity contribution in [2.45, 2.75) is 6.10 Å². The summed E-state index contributed by atoms with van der Waals surface area (Å²) in [6.45, 7) is 1.70. The molecule has 1 aliphatic heterocycles. The van der Waals surface area contributed by atoms with Crippen LogP contribution in [0.3, 0.4) is 0 Å². The highest BCUT2D eigenvalue weighted by Crippen LogP contribution is 2.18. The van der Waals surface area contributed by atoms with Gasteiger partial charge in [-0.1, -0.05) is 6.07 Å². The summed E-state index contributed by atoms with van der Waals surface area (Å²) in [4.78, 5) is 1.96. The lowest BCUT2D eigenvalue weighted by atomic mass is 10.2. The van der Waals surface area contributed by atoms with Gasteiger partial charge in [-0.2, -0.15) is 5.26 Å². The number of halogens is 1. The molecule has 0 radical (unpaired) electrons. The third kappa shape index (κ3) is 2.25. The number of nitriles is 1. The molecule has 0 amide bonds. The second-order valence-electron chi connectivity index (χ2n) is 3.41. The zero-order chi connectivity index (χ0) is 10.7. The summed E-state index contributed by atoms with van der Waals surface area (Å²) in [5.74, 6) is -0.257. The number of ether oxygens (including phenoxy) is 1. The van der Waals surface area contributed by atoms with Gasteiger partial charge in [0.2, 0.25) is 0 Å². The average Bonchev–Trinajstić information content (AvgIpc) is 2.29. The third-order valence-corrected chi connectivity index (χ3v) is 2.38. The molecule has 2 rings (SSSR count). The first-order valence-corrected chi connectivity index (χ1v) is 4.81. The maximum Gasteiger partial charge on any atom is 0.161 e. The lowest BCUT2D eigenvalue weighted by Crippen LogP contribution is -2.41. The zero-order valence-electron chi connectivity index (χ0n) is 8.19. The van der Waals surface area contributed by atoms with Crippen LogP contribution in [-0.4, -0.2) is 25.8 Å². The third-order valence-electron chi connectivity index (χ3n) is 2.38. The van der Waals surface area contributed by atoms with E-state index in [4.69, 9.17) is 10.00 Å². The van der Waals surface area contributed by atoms with Crippen LogP contribution in [0.5, 0.6) is 0 Å². The predicted octanol–water partition coefficient (Wildman–Crippen LogP) is 1.55. The first-order valence-electron chi connectivity index (χ1n) is 4.81. The normalized spacial score (nSPS) is 21.1. The molecule has 1 aromatic carbocycles. The molecule has 0 saturated carbocycles. The molecule has 15 heavy (non-hydrogen) atoms. The maximum absolute atomic E-state index is 13.0. The Bertz CT molecular complexity index is 388. The molecule has 1 saturated heterocycles. The van der Waals surface area contributed by atoms with Gasteiger partial charge in [0.1, 0.15) is 5.82 Å². The number of anilines is 1.